The van der Waals surface area contributed by atoms with Crippen molar-refractivity contribution in [3.8, 4) is 17.2 Å². The summed E-state index contributed by atoms with van der Waals surface area (Å²) >= 11 is 0. The molecule has 32 heavy (non-hydrogen) atoms. The number of amides is 1. The maximum Gasteiger partial charge on any atom is 0.257 e. The first-order valence-electron chi connectivity index (χ1n) is 11.6. The molecule has 1 aliphatic heterocycles. The molecule has 0 bridgehead atoms. The number of likely N-dealkylation sites (N-methyl/N-ethyl adjacent to an activating group) is 1. The van der Waals surface area contributed by atoms with Gasteiger partial charge in [0.15, 0.2) is 0 Å². The summed E-state index contributed by atoms with van der Waals surface area (Å²) in [5.74, 6) is 1.01. The number of fused-ring (bicyclic) bond motifs is 3. The first-order chi connectivity index (χ1) is 15.6. The van der Waals surface area contributed by atoms with E-state index in [-0.39, 0.29) is 5.91 Å². The molecular weight excluding hydrogens is 400 g/mol. The molecule has 2 aromatic heterocycles. The molecule has 1 unspecified atom stereocenters. The average Bonchev–Trinajstić information content (AvgIpc) is 3.35. The zero-order valence-corrected chi connectivity index (χ0v) is 18.7. The number of benzene rings is 1. The lowest BCUT2D eigenvalue weighted by atomic mass is 9.90. The molecule has 0 spiro atoms. The van der Waals surface area contributed by atoms with E-state index in [4.69, 9.17) is 4.98 Å². The van der Waals surface area contributed by atoms with Gasteiger partial charge in [0.05, 0.1) is 23.1 Å². The molecule has 2 fully saturated rings. The van der Waals surface area contributed by atoms with Gasteiger partial charge in [-0.1, -0.05) is 24.3 Å². The van der Waals surface area contributed by atoms with Crippen LogP contribution in [-0.2, 0) is 12.8 Å². The number of carbonyl (C=O) groups is 1. The third-order valence-electron chi connectivity index (χ3n) is 7.16. The lowest BCUT2D eigenvalue weighted by molar-refractivity contribution is 0.0782. The van der Waals surface area contributed by atoms with E-state index in [0.717, 1.165) is 56.6 Å². The van der Waals surface area contributed by atoms with Crippen LogP contribution in [0.25, 0.3) is 17.2 Å². The molecule has 1 amide bonds. The molecule has 1 saturated heterocycles. The van der Waals surface area contributed by atoms with Gasteiger partial charge in [0.25, 0.3) is 11.9 Å². The Kier molecular flexibility index (Phi) is 4.61. The van der Waals surface area contributed by atoms with Crippen LogP contribution in [0.2, 0.25) is 0 Å². The molecule has 1 atom stereocenters. The molecule has 3 aliphatic rings. The van der Waals surface area contributed by atoms with Gasteiger partial charge in [-0.05, 0) is 57.3 Å². The second kappa shape index (κ2) is 7.52. The van der Waals surface area contributed by atoms with Crippen LogP contribution in [0.5, 0.6) is 0 Å². The van der Waals surface area contributed by atoms with Crippen molar-refractivity contribution < 1.29 is 4.79 Å². The van der Waals surface area contributed by atoms with Crippen LogP contribution in [0.15, 0.2) is 36.7 Å². The molecule has 0 N–H and O–H groups in total. The van der Waals surface area contributed by atoms with Crippen molar-refractivity contribution in [3.05, 3.63) is 59.0 Å². The molecule has 6 rings (SSSR count). The molecule has 7 nitrogen and oxygen atoms in total. The van der Waals surface area contributed by atoms with E-state index in [2.05, 4.69) is 53.3 Å². The Morgan fingerprint density at radius 2 is 1.88 bits per heavy atom. The predicted molar refractivity (Wildman–Crippen MR) is 122 cm³/mol. The highest BCUT2D eigenvalue weighted by Gasteiger charge is 2.37. The standard InChI is InChI=1S/C25H28N6O/c1-29(2)19-11-12-30(15-19)24(32)21-14-27-31(23(21)17-8-9-17)25-26-13-18-10-7-16-5-3-4-6-20(16)22(18)28-25/h3-6,13-14,17,19H,7-12,15H2,1-2H3. The zero-order valence-electron chi connectivity index (χ0n) is 18.7. The van der Waals surface area contributed by atoms with Gasteiger partial charge in [0.2, 0.25) is 0 Å². The molecular formula is C25H28N6O. The summed E-state index contributed by atoms with van der Waals surface area (Å²) in [5, 5.41) is 4.63. The van der Waals surface area contributed by atoms with Gasteiger partial charge in [-0.3, -0.25) is 4.79 Å². The van der Waals surface area contributed by atoms with Crippen LogP contribution in [0.3, 0.4) is 0 Å². The predicted octanol–water partition coefficient (Wildman–Crippen LogP) is 3.08. The fourth-order valence-corrected chi connectivity index (χ4v) is 5.10. The van der Waals surface area contributed by atoms with Crippen molar-refractivity contribution >= 4 is 5.91 Å². The number of hydrogen-bond acceptors (Lipinski definition) is 5. The van der Waals surface area contributed by atoms with E-state index in [1.54, 1.807) is 6.20 Å². The first-order valence-corrected chi connectivity index (χ1v) is 11.6. The smallest absolute Gasteiger partial charge is 0.257 e. The molecule has 1 aromatic carbocycles. The second-order valence-corrected chi connectivity index (χ2v) is 9.49. The van der Waals surface area contributed by atoms with Crippen LogP contribution in [0.1, 0.15) is 52.4 Å². The van der Waals surface area contributed by atoms with Crippen molar-refractivity contribution in [2.45, 2.75) is 44.1 Å². The van der Waals surface area contributed by atoms with Gasteiger partial charge in [-0.15, -0.1) is 0 Å². The number of carbonyl (C=O) groups excluding carboxylic acids is 1. The maximum atomic E-state index is 13.4. The minimum Gasteiger partial charge on any atom is -0.337 e. The quantitative estimate of drug-likeness (QED) is 0.639. The third kappa shape index (κ3) is 3.23. The average molecular weight is 429 g/mol. The Balaban J connectivity index is 1.37. The van der Waals surface area contributed by atoms with Gasteiger partial charge in [0, 0.05) is 36.8 Å². The Labute approximate surface area is 188 Å². The number of likely N-dealkylation sites (tertiary alicyclic amines) is 1. The van der Waals surface area contributed by atoms with Gasteiger partial charge in [-0.2, -0.15) is 5.10 Å². The summed E-state index contributed by atoms with van der Waals surface area (Å²) in [6.07, 6.45) is 8.82. The second-order valence-electron chi connectivity index (χ2n) is 9.49. The summed E-state index contributed by atoms with van der Waals surface area (Å²) in [4.78, 5) is 27.2. The van der Waals surface area contributed by atoms with Gasteiger partial charge in [0.1, 0.15) is 0 Å². The van der Waals surface area contributed by atoms with Crippen LogP contribution in [0.4, 0.5) is 0 Å². The maximum absolute atomic E-state index is 13.4. The largest absolute Gasteiger partial charge is 0.337 e. The van der Waals surface area contributed by atoms with E-state index < -0.39 is 0 Å². The normalized spacial score (nSPS) is 19.8. The van der Waals surface area contributed by atoms with Crippen LogP contribution in [0, 0.1) is 0 Å². The molecule has 2 aliphatic carbocycles. The van der Waals surface area contributed by atoms with E-state index in [0.29, 0.717) is 23.5 Å². The van der Waals surface area contributed by atoms with Crippen molar-refractivity contribution in [2.75, 3.05) is 27.2 Å². The van der Waals surface area contributed by atoms with E-state index in [1.165, 1.54) is 16.7 Å². The number of aryl methyl sites for hydroxylation is 2. The SMILES string of the molecule is CN(C)C1CCN(C(=O)c2cnn(-c3ncc4c(n3)-c3ccccc3CC4)c2C2CC2)C1. The highest BCUT2D eigenvalue weighted by molar-refractivity contribution is 5.95. The lowest BCUT2D eigenvalue weighted by Gasteiger charge is -2.21. The van der Waals surface area contributed by atoms with E-state index in [9.17, 15) is 4.79 Å². The minimum atomic E-state index is 0.0887. The number of nitrogens with zero attached hydrogens (tertiary/aromatic N) is 6. The molecule has 7 heteroatoms. The van der Waals surface area contributed by atoms with Crippen LogP contribution < -0.4 is 0 Å². The fraction of sp³-hybridized carbons (Fsp3) is 0.440. The minimum absolute atomic E-state index is 0.0887. The van der Waals surface area contributed by atoms with Crippen molar-refractivity contribution in [2.24, 2.45) is 0 Å². The Bertz CT molecular complexity index is 1190. The topological polar surface area (TPSA) is 67.2 Å². The Morgan fingerprint density at radius 3 is 2.66 bits per heavy atom. The molecule has 3 heterocycles. The summed E-state index contributed by atoms with van der Waals surface area (Å²) in [5.41, 5.74) is 6.38. The number of aromatic nitrogens is 4. The van der Waals surface area contributed by atoms with Crippen LogP contribution >= 0.6 is 0 Å². The van der Waals surface area contributed by atoms with Crippen molar-refractivity contribution in [3.63, 3.8) is 0 Å². The highest BCUT2D eigenvalue weighted by atomic mass is 16.2. The van der Waals surface area contributed by atoms with Crippen molar-refractivity contribution in [1.29, 1.82) is 0 Å². The Morgan fingerprint density at radius 1 is 1.06 bits per heavy atom. The monoisotopic (exact) mass is 428 g/mol. The van der Waals surface area contributed by atoms with Gasteiger partial charge < -0.3 is 9.80 Å². The molecule has 164 valence electrons. The van der Waals surface area contributed by atoms with E-state index >= 15 is 0 Å². The summed E-state index contributed by atoms with van der Waals surface area (Å²) < 4.78 is 1.82. The lowest BCUT2D eigenvalue weighted by Crippen LogP contribution is -2.34. The zero-order chi connectivity index (χ0) is 21.8. The molecule has 0 radical (unpaired) electrons. The van der Waals surface area contributed by atoms with Crippen LogP contribution in [-0.4, -0.2) is 68.7 Å². The van der Waals surface area contributed by atoms with Gasteiger partial charge in [-0.25, -0.2) is 14.6 Å². The summed E-state index contributed by atoms with van der Waals surface area (Å²) in [6.45, 7) is 1.57. The Hall–Kier alpha value is -3.06. The third-order valence-corrected chi connectivity index (χ3v) is 7.16. The first kappa shape index (κ1) is 19.6. The fourth-order valence-electron chi connectivity index (χ4n) is 5.10. The van der Waals surface area contributed by atoms with Gasteiger partial charge >= 0.3 is 0 Å². The highest BCUT2D eigenvalue weighted by Crippen LogP contribution is 2.43. The summed E-state index contributed by atoms with van der Waals surface area (Å²) in [6, 6.07) is 8.88. The molecule has 1 saturated carbocycles. The number of hydrogen-bond donors (Lipinski definition) is 0. The van der Waals surface area contributed by atoms with Crippen molar-refractivity contribution in [1.82, 2.24) is 29.5 Å². The van der Waals surface area contributed by atoms with E-state index in [1.807, 2.05) is 15.8 Å². The molecule has 3 aromatic rings. The number of rotatable bonds is 4. The summed E-state index contributed by atoms with van der Waals surface area (Å²) in [7, 11) is 4.16.